The Kier molecular flexibility index (Phi) is 3.61. The van der Waals surface area contributed by atoms with Crippen molar-refractivity contribution < 1.29 is 9.31 Å². The van der Waals surface area contributed by atoms with Gasteiger partial charge in [0.15, 0.2) is 0 Å². The van der Waals surface area contributed by atoms with E-state index in [1.54, 1.807) is 6.07 Å². The first kappa shape index (κ1) is 13.2. The summed E-state index contributed by atoms with van der Waals surface area (Å²) in [5, 5.41) is 13.3. The molecular formula is C11H8BrFN4O2. The Labute approximate surface area is 115 Å². The van der Waals surface area contributed by atoms with Gasteiger partial charge in [0.1, 0.15) is 11.6 Å². The Morgan fingerprint density at radius 3 is 2.74 bits per heavy atom. The van der Waals surface area contributed by atoms with E-state index in [2.05, 4.69) is 26.2 Å². The normalized spacial score (nSPS) is 10.2. The number of nitro groups is 1. The number of nitrogen functional groups attached to an aromatic ring is 1. The summed E-state index contributed by atoms with van der Waals surface area (Å²) >= 11 is 3.21. The first-order chi connectivity index (χ1) is 8.97. The van der Waals surface area contributed by atoms with E-state index >= 15 is 0 Å². The fourth-order valence-corrected chi connectivity index (χ4v) is 1.78. The average molecular weight is 327 g/mol. The highest BCUT2D eigenvalue weighted by atomic mass is 79.9. The Morgan fingerprint density at radius 2 is 2.11 bits per heavy atom. The van der Waals surface area contributed by atoms with E-state index in [0.717, 1.165) is 0 Å². The third-order valence-corrected chi connectivity index (χ3v) is 2.78. The Balaban J connectivity index is 2.31. The number of hydrogen-bond donors (Lipinski definition) is 2. The van der Waals surface area contributed by atoms with Crippen molar-refractivity contribution in [1.82, 2.24) is 4.98 Å². The number of benzene rings is 1. The van der Waals surface area contributed by atoms with E-state index in [1.807, 2.05) is 0 Å². The third-order valence-electron chi connectivity index (χ3n) is 2.29. The SMILES string of the molecule is Nc1nc(Nc2cc(Br)ccc2F)ccc1[N+](=O)[O-]. The molecule has 0 fully saturated rings. The number of halogens is 2. The zero-order chi connectivity index (χ0) is 14.0. The molecule has 2 rings (SSSR count). The molecule has 8 heteroatoms. The lowest BCUT2D eigenvalue weighted by Crippen LogP contribution is -2.02. The van der Waals surface area contributed by atoms with Crippen LogP contribution in [0.3, 0.4) is 0 Å². The predicted molar refractivity (Wildman–Crippen MR) is 72.7 cm³/mol. The van der Waals surface area contributed by atoms with E-state index < -0.39 is 10.7 Å². The number of hydrogen-bond acceptors (Lipinski definition) is 5. The average Bonchev–Trinajstić information content (AvgIpc) is 2.33. The lowest BCUT2D eigenvalue weighted by Gasteiger charge is -2.07. The molecule has 0 spiro atoms. The molecule has 0 aliphatic heterocycles. The summed E-state index contributed by atoms with van der Waals surface area (Å²) in [6.45, 7) is 0. The van der Waals surface area contributed by atoms with Crippen LogP contribution < -0.4 is 11.1 Å². The maximum absolute atomic E-state index is 13.5. The van der Waals surface area contributed by atoms with Crippen molar-refractivity contribution in [2.24, 2.45) is 0 Å². The van der Waals surface area contributed by atoms with Crippen LogP contribution in [0.2, 0.25) is 0 Å². The van der Waals surface area contributed by atoms with Crippen LogP contribution >= 0.6 is 15.9 Å². The highest BCUT2D eigenvalue weighted by Gasteiger charge is 2.13. The molecule has 0 saturated heterocycles. The van der Waals surface area contributed by atoms with Crippen LogP contribution in [-0.4, -0.2) is 9.91 Å². The molecule has 19 heavy (non-hydrogen) atoms. The third kappa shape index (κ3) is 2.97. The molecule has 0 radical (unpaired) electrons. The molecule has 0 aliphatic carbocycles. The molecule has 0 amide bonds. The van der Waals surface area contributed by atoms with E-state index in [4.69, 9.17) is 5.73 Å². The van der Waals surface area contributed by atoms with Gasteiger partial charge in [0.05, 0.1) is 10.6 Å². The van der Waals surface area contributed by atoms with Gasteiger partial charge in [0.25, 0.3) is 0 Å². The van der Waals surface area contributed by atoms with Gasteiger partial charge in [-0.2, -0.15) is 0 Å². The number of nitrogens with two attached hydrogens (primary N) is 1. The zero-order valence-electron chi connectivity index (χ0n) is 9.43. The molecule has 0 saturated carbocycles. The van der Waals surface area contributed by atoms with Crippen LogP contribution in [0.4, 0.5) is 27.4 Å². The highest BCUT2D eigenvalue weighted by molar-refractivity contribution is 9.10. The van der Waals surface area contributed by atoms with Crippen molar-refractivity contribution in [3.63, 3.8) is 0 Å². The van der Waals surface area contributed by atoms with Crippen LogP contribution in [0.5, 0.6) is 0 Å². The summed E-state index contributed by atoms with van der Waals surface area (Å²) in [4.78, 5) is 13.8. The van der Waals surface area contributed by atoms with Gasteiger partial charge in [0, 0.05) is 10.5 Å². The monoisotopic (exact) mass is 326 g/mol. The van der Waals surface area contributed by atoms with E-state index in [9.17, 15) is 14.5 Å². The van der Waals surface area contributed by atoms with Gasteiger partial charge in [-0.3, -0.25) is 10.1 Å². The van der Waals surface area contributed by atoms with Gasteiger partial charge < -0.3 is 11.1 Å². The van der Waals surface area contributed by atoms with Crippen LogP contribution in [0, 0.1) is 15.9 Å². The van der Waals surface area contributed by atoms with Gasteiger partial charge in [-0.15, -0.1) is 0 Å². The zero-order valence-corrected chi connectivity index (χ0v) is 11.0. The molecule has 1 aromatic heterocycles. The van der Waals surface area contributed by atoms with Gasteiger partial charge in [0.2, 0.25) is 5.82 Å². The maximum atomic E-state index is 13.5. The van der Waals surface area contributed by atoms with Crippen molar-refractivity contribution in [3.8, 4) is 0 Å². The minimum Gasteiger partial charge on any atom is -0.378 e. The minimum atomic E-state index is -0.633. The summed E-state index contributed by atoms with van der Waals surface area (Å²) in [6.07, 6.45) is 0. The van der Waals surface area contributed by atoms with Crippen molar-refractivity contribution >= 4 is 38.9 Å². The highest BCUT2D eigenvalue weighted by Crippen LogP contribution is 2.26. The number of nitrogens with zero attached hydrogens (tertiary/aromatic N) is 2. The summed E-state index contributed by atoms with van der Waals surface area (Å²) < 4.78 is 14.2. The van der Waals surface area contributed by atoms with Crippen LogP contribution in [-0.2, 0) is 0 Å². The number of anilines is 3. The summed E-state index contributed by atoms with van der Waals surface area (Å²) in [5.74, 6) is -0.479. The number of aromatic nitrogens is 1. The smallest absolute Gasteiger partial charge is 0.311 e. The molecule has 1 aromatic carbocycles. The van der Waals surface area contributed by atoms with Gasteiger partial charge in [-0.05, 0) is 24.3 Å². The fourth-order valence-electron chi connectivity index (χ4n) is 1.42. The second-order valence-electron chi connectivity index (χ2n) is 3.61. The van der Waals surface area contributed by atoms with Gasteiger partial charge in [-0.25, -0.2) is 9.37 Å². The standard InChI is InChI=1S/C11H8BrFN4O2/c12-6-1-2-7(13)8(5-6)15-10-4-3-9(17(18)19)11(14)16-10/h1-5H,(H3,14,15,16). The molecule has 6 nitrogen and oxygen atoms in total. The van der Waals surface area contributed by atoms with E-state index in [-0.39, 0.29) is 23.0 Å². The Hall–Kier alpha value is -2.22. The van der Waals surface area contributed by atoms with Crippen LogP contribution in [0.25, 0.3) is 0 Å². The second-order valence-corrected chi connectivity index (χ2v) is 4.52. The van der Waals surface area contributed by atoms with Crippen LogP contribution in [0.1, 0.15) is 0 Å². The predicted octanol–water partition coefficient (Wildman–Crippen LogP) is 3.22. The molecule has 3 N–H and O–H groups in total. The summed E-state index contributed by atoms with van der Waals surface area (Å²) in [7, 11) is 0. The van der Waals surface area contributed by atoms with Crippen molar-refractivity contribution in [2.75, 3.05) is 11.1 Å². The lowest BCUT2D eigenvalue weighted by molar-refractivity contribution is -0.384. The van der Waals surface area contributed by atoms with Gasteiger partial charge in [-0.1, -0.05) is 15.9 Å². The van der Waals surface area contributed by atoms with Crippen molar-refractivity contribution in [3.05, 3.63) is 50.7 Å². The molecule has 0 bridgehead atoms. The second kappa shape index (κ2) is 5.19. The van der Waals surface area contributed by atoms with E-state index in [1.165, 1.54) is 24.3 Å². The Morgan fingerprint density at radius 1 is 1.37 bits per heavy atom. The maximum Gasteiger partial charge on any atom is 0.311 e. The summed E-state index contributed by atoms with van der Waals surface area (Å²) in [5.41, 5.74) is 5.35. The first-order valence-electron chi connectivity index (χ1n) is 5.10. The molecular weight excluding hydrogens is 319 g/mol. The first-order valence-corrected chi connectivity index (χ1v) is 5.89. The Bertz CT molecular complexity index is 651. The van der Waals surface area contributed by atoms with Crippen molar-refractivity contribution in [1.29, 1.82) is 0 Å². The number of rotatable bonds is 3. The molecule has 2 aromatic rings. The quantitative estimate of drug-likeness (QED) is 0.667. The van der Waals surface area contributed by atoms with Crippen molar-refractivity contribution in [2.45, 2.75) is 0 Å². The number of pyridine rings is 1. The topological polar surface area (TPSA) is 94.1 Å². The van der Waals surface area contributed by atoms with E-state index in [0.29, 0.717) is 4.47 Å². The lowest BCUT2D eigenvalue weighted by atomic mass is 10.3. The molecule has 0 aliphatic rings. The molecule has 0 unspecified atom stereocenters. The fraction of sp³-hybridized carbons (Fsp3) is 0. The molecule has 1 heterocycles. The van der Waals surface area contributed by atoms with Crippen LogP contribution in [0.15, 0.2) is 34.8 Å². The largest absolute Gasteiger partial charge is 0.378 e. The molecule has 0 atom stereocenters. The minimum absolute atomic E-state index is 0.190. The summed E-state index contributed by atoms with van der Waals surface area (Å²) in [6, 6.07) is 6.92. The number of nitrogens with one attached hydrogen (secondary N) is 1. The molecule has 98 valence electrons. The van der Waals surface area contributed by atoms with Gasteiger partial charge >= 0.3 is 5.69 Å².